The zero-order valence-electron chi connectivity index (χ0n) is 23.1. The Labute approximate surface area is 218 Å². The number of aromatic carboxylic acids is 1. The second kappa shape index (κ2) is 20.6. The Kier molecular flexibility index (Phi) is 20.2. The maximum Gasteiger partial charge on any atom is 0.337 e. The molecule has 0 amide bonds. The molecule has 0 aliphatic carbocycles. The molecular formula is C29H46ClN3O2. The minimum Gasteiger partial charge on any atom is -0.478 e. The van der Waals surface area contributed by atoms with Crippen molar-refractivity contribution in [3.63, 3.8) is 0 Å². The summed E-state index contributed by atoms with van der Waals surface area (Å²) >= 11 is 6.17. The van der Waals surface area contributed by atoms with Gasteiger partial charge >= 0.3 is 5.97 Å². The van der Waals surface area contributed by atoms with Gasteiger partial charge in [0.2, 0.25) is 0 Å². The van der Waals surface area contributed by atoms with Crippen LogP contribution in [0.2, 0.25) is 5.02 Å². The lowest BCUT2D eigenvalue weighted by Crippen LogP contribution is -2.04. The van der Waals surface area contributed by atoms with E-state index in [0.29, 0.717) is 22.2 Å². The van der Waals surface area contributed by atoms with Crippen molar-refractivity contribution in [3.8, 4) is 0 Å². The number of para-hydroxylation sites is 1. The van der Waals surface area contributed by atoms with E-state index in [2.05, 4.69) is 56.8 Å². The number of rotatable bonds is 8. The van der Waals surface area contributed by atoms with Gasteiger partial charge < -0.3 is 15.7 Å². The van der Waals surface area contributed by atoms with Gasteiger partial charge in [0, 0.05) is 11.8 Å². The smallest absolute Gasteiger partial charge is 0.337 e. The first kappa shape index (κ1) is 34.4. The number of aromatic nitrogens is 1. The fraction of sp³-hybridized carbons (Fsp3) is 0.448. The van der Waals surface area contributed by atoms with Crippen LogP contribution < -0.4 is 10.6 Å². The molecule has 0 bridgehead atoms. The van der Waals surface area contributed by atoms with Gasteiger partial charge in [0.05, 0.1) is 28.2 Å². The molecule has 0 aliphatic rings. The Morgan fingerprint density at radius 2 is 1.66 bits per heavy atom. The molecule has 5 nitrogen and oxygen atoms in total. The molecule has 2 aromatic rings. The molecule has 6 heteroatoms. The number of nitrogens with zero attached hydrogens (tertiary/aromatic N) is 1. The summed E-state index contributed by atoms with van der Waals surface area (Å²) in [6.07, 6.45) is 7.31. The molecule has 0 aliphatic heterocycles. The number of halogens is 1. The number of hydrogen-bond donors (Lipinski definition) is 3. The standard InChI is InChI=1S/C18H18ClN3O2.C6H14.C3H8.C2H6/c1-11(2)8-12(3)21-17-9-16(14(19)10-20-17)22-15-7-5-4-6-13(15)18(23)24;1-4-6(3)5-2;1-3-2;1-2/h4-10H,1H2,2-3H3,(H,23,24)(H2,20,21,22);6H,4-5H2,1-3H3;3H2,1-2H3;1-2H3/b12-8+;;;. The Bertz CT molecular complexity index is 907. The number of carboxylic acid groups (broad SMARTS) is 1. The van der Waals surface area contributed by atoms with Crippen molar-refractivity contribution in [2.75, 3.05) is 10.6 Å². The number of carboxylic acids is 1. The molecular weight excluding hydrogens is 458 g/mol. The van der Waals surface area contributed by atoms with E-state index in [4.69, 9.17) is 11.6 Å². The van der Waals surface area contributed by atoms with Crippen molar-refractivity contribution < 1.29 is 9.90 Å². The molecule has 1 heterocycles. The predicted octanol–water partition coefficient (Wildman–Crippen LogP) is 9.95. The summed E-state index contributed by atoms with van der Waals surface area (Å²) < 4.78 is 0. The van der Waals surface area contributed by atoms with E-state index >= 15 is 0 Å². The van der Waals surface area contributed by atoms with Gasteiger partial charge in [-0.3, -0.25) is 0 Å². The van der Waals surface area contributed by atoms with E-state index in [1.54, 1.807) is 24.3 Å². The summed E-state index contributed by atoms with van der Waals surface area (Å²) in [5, 5.41) is 15.8. The number of allylic oxidation sites excluding steroid dienone is 3. The van der Waals surface area contributed by atoms with Crippen molar-refractivity contribution in [2.45, 2.75) is 81.6 Å². The minimum absolute atomic E-state index is 0.165. The first-order valence-corrected chi connectivity index (χ1v) is 12.8. The fourth-order valence-electron chi connectivity index (χ4n) is 2.42. The van der Waals surface area contributed by atoms with Crippen molar-refractivity contribution in [1.82, 2.24) is 4.98 Å². The highest BCUT2D eigenvalue weighted by Crippen LogP contribution is 2.29. The normalized spacial score (nSPS) is 9.97. The number of anilines is 3. The van der Waals surface area contributed by atoms with Gasteiger partial charge in [-0.05, 0) is 38.0 Å². The Morgan fingerprint density at radius 1 is 1.11 bits per heavy atom. The number of benzene rings is 1. The van der Waals surface area contributed by atoms with Crippen LogP contribution in [-0.2, 0) is 0 Å². The van der Waals surface area contributed by atoms with E-state index in [-0.39, 0.29) is 5.56 Å². The molecule has 0 fully saturated rings. The molecule has 196 valence electrons. The monoisotopic (exact) mass is 503 g/mol. The van der Waals surface area contributed by atoms with E-state index in [0.717, 1.165) is 17.2 Å². The Morgan fingerprint density at radius 3 is 2.11 bits per heavy atom. The van der Waals surface area contributed by atoms with Gasteiger partial charge in [0.25, 0.3) is 0 Å². The molecule has 0 atom stereocenters. The number of carbonyl (C=O) groups is 1. The van der Waals surface area contributed by atoms with Crippen LogP contribution in [0.3, 0.4) is 0 Å². The van der Waals surface area contributed by atoms with Gasteiger partial charge in [-0.1, -0.05) is 104 Å². The van der Waals surface area contributed by atoms with Crippen LogP contribution >= 0.6 is 11.6 Å². The van der Waals surface area contributed by atoms with Crippen molar-refractivity contribution >= 4 is 34.8 Å². The molecule has 3 N–H and O–H groups in total. The highest BCUT2D eigenvalue weighted by Gasteiger charge is 2.11. The van der Waals surface area contributed by atoms with Gasteiger partial charge in [-0.2, -0.15) is 0 Å². The van der Waals surface area contributed by atoms with Crippen molar-refractivity contribution in [3.05, 3.63) is 71.0 Å². The predicted molar refractivity (Wildman–Crippen MR) is 155 cm³/mol. The summed E-state index contributed by atoms with van der Waals surface area (Å²) in [4.78, 5) is 15.5. The van der Waals surface area contributed by atoms with Crippen LogP contribution in [0.1, 0.15) is 91.9 Å². The van der Waals surface area contributed by atoms with Gasteiger partial charge in [0.1, 0.15) is 5.82 Å². The summed E-state index contributed by atoms with van der Waals surface area (Å²) in [6.45, 7) is 22.6. The lowest BCUT2D eigenvalue weighted by Gasteiger charge is -2.13. The maximum absolute atomic E-state index is 11.3. The van der Waals surface area contributed by atoms with Crippen molar-refractivity contribution in [1.29, 1.82) is 0 Å². The van der Waals surface area contributed by atoms with Crippen LogP contribution in [0.4, 0.5) is 17.2 Å². The van der Waals surface area contributed by atoms with Crippen LogP contribution in [0.15, 0.2) is 60.5 Å². The van der Waals surface area contributed by atoms with E-state index in [1.165, 1.54) is 31.5 Å². The lowest BCUT2D eigenvalue weighted by atomic mass is 10.1. The SMILES string of the molecule is C=C(C)/C=C(\C)Nc1cc(Nc2ccccc2C(=O)O)c(Cl)cn1.CC.CCC.CCC(C)CC. The molecule has 0 saturated carbocycles. The third-order valence-corrected chi connectivity index (χ3v) is 4.77. The number of nitrogens with one attached hydrogen (secondary N) is 2. The summed E-state index contributed by atoms with van der Waals surface area (Å²) in [5.41, 5.74) is 2.99. The first-order chi connectivity index (χ1) is 16.6. The van der Waals surface area contributed by atoms with Crippen LogP contribution in [0.25, 0.3) is 0 Å². The molecule has 0 saturated heterocycles. The number of hydrogen-bond acceptors (Lipinski definition) is 4. The quantitative estimate of drug-likeness (QED) is 0.312. The van der Waals surface area contributed by atoms with E-state index in [9.17, 15) is 9.90 Å². The zero-order valence-corrected chi connectivity index (χ0v) is 23.9. The van der Waals surface area contributed by atoms with Gasteiger partial charge in [-0.25, -0.2) is 9.78 Å². The van der Waals surface area contributed by atoms with Gasteiger partial charge in [0.15, 0.2) is 0 Å². The fourth-order valence-corrected chi connectivity index (χ4v) is 2.57. The molecule has 2 rings (SSSR count). The average Bonchev–Trinajstić information content (AvgIpc) is 2.82. The Balaban J connectivity index is 0. The molecule has 0 spiro atoms. The topological polar surface area (TPSA) is 74.2 Å². The highest BCUT2D eigenvalue weighted by molar-refractivity contribution is 6.33. The average molecular weight is 504 g/mol. The third-order valence-electron chi connectivity index (χ3n) is 4.46. The highest BCUT2D eigenvalue weighted by atomic mass is 35.5. The first-order valence-electron chi connectivity index (χ1n) is 12.4. The molecule has 0 radical (unpaired) electrons. The van der Waals surface area contributed by atoms with Crippen LogP contribution in [-0.4, -0.2) is 16.1 Å². The van der Waals surface area contributed by atoms with E-state index in [1.807, 2.05) is 33.8 Å². The Hall–Kier alpha value is -2.79. The summed E-state index contributed by atoms with van der Waals surface area (Å²) in [6, 6.07) is 8.35. The summed E-state index contributed by atoms with van der Waals surface area (Å²) in [7, 11) is 0. The molecule has 0 unspecified atom stereocenters. The number of pyridine rings is 1. The van der Waals surface area contributed by atoms with Crippen LogP contribution in [0.5, 0.6) is 0 Å². The second-order valence-corrected chi connectivity index (χ2v) is 8.36. The zero-order chi connectivity index (χ0) is 27.4. The lowest BCUT2D eigenvalue weighted by molar-refractivity contribution is 0.0698. The third kappa shape index (κ3) is 15.7. The second-order valence-electron chi connectivity index (χ2n) is 7.95. The van der Waals surface area contributed by atoms with Crippen LogP contribution in [0, 0.1) is 5.92 Å². The molecule has 1 aromatic heterocycles. The maximum atomic E-state index is 11.3. The van der Waals surface area contributed by atoms with E-state index < -0.39 is 5.97 Å². The minimum atomic E-state index is -1.01. The van der Waals surface area contributed by atoms with Gasteiger partial charge in [-0.15, -0.1) is 0 Å². The molecule has 1 aromatic carbocycles. The largest absolute Gasteiger partial charge is 0.478 e. The van der Waals surface area contributed by atoms with Crippen molar-refractivity contribution in [2.24, 2.45) is 5.92 Å². The molecule has 35 heavy (non-hydrogen) atoms. The summed E-state index contributed by atoms with van der Waals surface area (Å²) in [5.74, 6) is 0.511.